The van der Waals surface area contributed by atoms with E-state index in [0.29, 0.717) is 40.7 Å². The van der Waals surface area contributed by atoms with E-state index in [2.05, 4.69) is 5.32 Å². The number of methoxy groups -OCH3 is 2. The van der Waals surface area contributed by atoms with Crippen LogP contribution in [0.15, 0.2) is 71.6 Å². The summed E-state index contributed by atoms with van der Waals surface area (Å²) in [6, 6.07) is 16.4. The lowest BCUT2D eigenvalue weighted by Crippen LogP contribution is -2.52. The minimum absolute atomic E-state index is 0.00141. The molecule has 0 aromatic heterocycles. The maximum atomic E-state index is 14.1. The van der Waals surface area contributed by atoms with Gasteiger partial charge in [0.15, 0.2) is 11.5 Å². The second-order valence-corrected chi connectivity index (χ2v) is 12.0. The van der Waals surface area contributed by atoms with E-state index in [1.807, 2.05) is 6.92 Å². The highest BCUT2D eigenvalue weighted by atomic mass is 35.5. The molecule has 1 N–H and O–H groups in total. The lowest BCUT2D eigenvalue weighted by molar-refractivity contribution is -0.140. The number of carbonyl (C=O) groups is 2. The van der Waals surface area contributed by atoms with Gasteiger partial charge in [0, 0.05) is 29.2 Å². The van der Waals surface area contributed by atoms with Gasteiger partial charge in [0.05, 0.1) is 24.8 Å². The number of benzene rings is 3. The average Bonchev–Trinajstić information content (AvgIpc) is 2.99. The molecule has 12 heteroatoms. The molecule has 0 aliphatic carbocycles. The van der Waals surface area contributed by atoms with E-state index in [1.54, 1.807) is 31.2 Å². The van der Waals surface area contributed by atoms with Crippen LogP contribution in [0, 0.1) is 0 Å². The molecule has 1 atom stereocenters. The highest BCUT2D eigenvalue weighted by Crippen LogP contribution is 2.33. The fraction of sp³-hybridized carbons (Fsp3) is 0.333. The fourth-order valence-corrected chi connectivity index (χ4v) is 6.09. The first-order valence-corrected chi connectivity index (χ1v) is 15.6. The van der Waals surface area contributed by atoms with Crippen LogP contribution >= 0.6 is 23.2 Å². The van der Waals surface area contributed by atoms with E-state index in [-0.39, 0.29) is 28.8 Å². The Kier molecular flexibility index (Phi) is 11.9. The van der Waals surface area contributed by atoms with Crippen molar-refractivity contribution < 1.29 is 27.5 Å². The van der Waals surface area contributed by atoms with Gasteiger partial charge in [0.2, 0.25) is 11.8 Å². The van der Waals surface area contributed by atoms with E-state index in [4.69, 9.17) is 32.7 Å². The van der Waals surface area contributed by atoms with E-state index >= 15 is 0 Å². The third-order valence-corrected chi connectivity index (χ3v) is 8.96. The third-order valence-electron chi connectivity index (χ3n) is 6.57. The number of amides is 2. The maximum Gasteiger partial charge on any atom is 0.264 e. The van der Waals surface area contributed by atoms with Crippen LogP contribution in [0.5, 0.6) is 11.5 Å². The standard InChI is InChI=1S/C30H35Cl2N3O6S/c1-5-17-33-30(37)26(6-2)34(19-21-9-7-8-10-25(21)32)29(36)20-35(23-13-11-22(31)12-14-23)42(38,39)24-15-16-27(40-3)28(18-24)41-4/h7-16,18,26H,5-6,17,19-20H2,1-4H3,(H,33,37). The monoisotopic (exact) mass is 635 g/mol. The highest BCUT2D eigenvalue weighted by Gasteiger charge is 2.34. The molecule has 3 aromatic carbocycles. The summed E-state index contributed by atoms with van der Waals surface area (Å²) in [4.78, 5) is 28.6. The van der Waals surface area contributed by atoms with Gasteiger partial charge in [0.25, 0.3) is 10.0 Å². The van der Waals surface area contributed by atoms with Gasteiger partial charge < -0.3 is 19.7 Å². The number of nitrogens with zero attached hydrogens (tertiary/aromatic N) is 2. The molecule has 9 nitrogen and oxygen atoms in total. The van der Waals surface area contributed by atoms with Gasteiger partial charge in [-0.2, -0.15) is 0 Å². The fourth-order valence-electron chi connectivity index (χ4n) is 4.34. The van der Waals surface area contributed by atoms with Crippen molar-refractivity contribution in [1.29, 1.82) is 0 Å². The number of ether oxygens (including phenoxy) is 2. The number of halogens is 2. The van der Waals surface area contributed by atoms with Crippen molar-refractivity contribution in [2.75, 3.05) is 31.6 Å². The molecule has 0 bridgehead atoms. The van der Waals surface area contributed by atoms with E-state index in [0.717, 1.165) is 4.31 Å². The van der Waals surface area contributed by atoms with Crippen LogP contribution in [-0.4, -0.2) is 58.5 Å². The Morgan fingerprint density at radius 2 is 1.60 bits per heavy atom. The molecule has 0 saturated carbocycles. The lowest BCUT2D eigenvalue weighted by Gasteiger charge is -2.33. The quantitative estimate of drug-likeness (QED) is 0.249. The van der Waals surface area contributed by atoms with Crippen molar-refractivity contribution >= 4 is 50.7 Å². The first-order chi connectivity index (χ1) is 20.1. The predicted molar refractivity (Wildman–Crippen MR) is 165 cm³/mol. The van der Waals surface area contributed by atoms with Gasteiger partial charge in [-0.3, -0.25) is 13.9 Å². The minimum Gasteiger partial charge on any atom is -0.493 e. The zero-order valence-corrected chi connectivity index (χ0v) is 26.3. The minimum atomic E-state index is -4.32. The number of anilines is 1. The Morgan fingerprint density at radius 3 is 2.19 bits per heavy atom. The first kappa shape index (κ1) is 33.0. The summed E-state index contributed by atoms with van der Waals surface area (Å²) in [6.07, 6.45) is 1.02. The average molecular weight is 637 g/mol. The summed E-state index contributed by atoms with van der Waals surface area (Å²) < 4.78 is 39.8. The number of hydrogen-bond acceptors (Lipinski definition) is 6. The summed E-state index contributed by atoms with van der Waals surface area (Å²) in [5, 5.41) is 3.67. The van der Waals surface area contributed by atoms with Gasteiger partial charge in [0.1, 0.15) is 12.6 Å². The molecule has 0 heterocycles. The molecule has 3 aromatic rings. The second kappa shape index (κ2) is 15.1. The third kappa shape index (κ3) is 7.87. The summed E-state index contributed by atoms with van der Waals surface area (Å²) in [6.45, 7) is 3.56. The van der Waals surface area contributed by atoms with Crippen molar-refractivity contribution in [3.8, 4) is 11.5 Å². The molecule has 2 amide bonds. The number of rotatable bonds is 14. The summed E-state index contributed by atoms with van der Waals surface area (Å²) >= 11 is 12.5. The molecule has 0 saturated heterocycles. The molecule has 0 aliphatic heterocycles. The molecule has 42 heavy (non-hydrogen) atoms. The summed E-state index contributed by atoms with van der Waals surface area (Å²) in [5.41, 5.74) is 0.832. The largest absolute Gasteiger partial charge is 0.493 e. The SMILES string of the molecule is CCCNC(=O)C(CC)N(Cc1ccccc1Cl)C(=O)CN(c1ccc(Cl)cc1)S(=O)(=O)c1ccc(OC)c(OC)c1. The van der Waals surface area contributed by atoms with Crippen LogP contribution in [0.25, 0.3) is 0 Å². The Labute approximate surface area is 257 Å². The molecule has 0 fully saturated rings. The van der Waals surface area contributed by atoms with Crippen LogP contribution in [-0.2, 0) is 26.2 Å². The number of carbonyl (C=O) groups excluding carboxylic acids is 2. The number of nitrogens with one attached hydrogen (secondary N) is 1. The van der Waals surface area contributed by atoms with Crippen molar-refractivity contribution in [1.82, 2.24) is 10.2 Å². The van der Waals surface area contributed by atoms with Crippen LogP contribution in [0.2, 0.25) is 10.0 Å². The number of hydrogen-bond donors (Lipinski definition) is 1. The van der Waals surface area contributed by atoms with Crippen LogP contribution in [0.1, 0.15) is 32.3 Å². The zero-order valence-electron chi connectivity index (χ0n) is 24.0. The predicted octanol–water partition coefficient (Wildman–Crippen LogP) is 5.54. The molecule has 1 unspecified atom stereocenters. The molecule has 0 aliphatic rings. The summed E-state index contributed by atoms with van der Waals surface area (Å²) in [7, 11) is -1.48. The van der Waals surface area contributed by atoms with Crippen molar-refractivity contribution in [2.45, 2.75) is 44.2 Å². The summed E-state index contributed by atoms with van der Waals surface area (Å²) in [5.74, 6) is -0.367. The number of sulfonamides is 1. The Morgan fingerprint density at radius 1 is 0.929 bits per heavy atom. The van der Waals surface area contributed by atoms with Crippen LogP contribution in [0.3, 0.4) is 0 Å². The normalized spacial score (nSPS) is 11.9. The van der Waals surface area contributed by atoms with E-state index in [1.165, 1.54) is 61.6 Å². The molecule has 226 valence electrons. The smallest absolute Gasteiger partial charge is 0.264 e. The topological polar surface area (TPSA) is 105 Å². The Balaban J connectivity index is 2.10. The lowest BCUT2D eigenvalue weighted by atomic mass is 10.1. The van der Waals surface area contributed by atoms with Gasteiger partial charge in [-0.15, -0.1) is 0 Å². The second-order valence-electron chi connectivity index (χ2n) is 9.33. The van der Waals surface area contributed by atoms with Crippen molar-refractivity contribution in [3.05, 3.63) is 82.3 Å². The van der Waals surface area contributed by atoms with E-state index < -0.39 is 28.5 Å². The molecule has 0 radical (unpaired) electrons. The Bertz CT molecular complexity index is 1480. The van der Waals surface area contributed by atoms with Crippen molar-refractivity contribution in [3.63, 3.8) is 0 Å². The first-order valence-electron chi connectivity index (χ1n) is 13.4. The Hall–Kier alpha value is -3.47. The van der Waals surface area contributed by atoms with Gasteiger partial charge in [-0.05, 0) is 60.9 Å². The molecular formula is C30H35Cl2N3O6S. The highest BCUT2D eigenvalue weighted by molar-refractivity contribution is 7.92. The molecule has 3 rings (SSSR count). The van der Waals surface area contributed by atoms with Gasteiger partial charge in [-0.1, -0.05) is 55.2 Å². The zero-order chi connectivity index (χ0) is 30.9. The van der Waals surface area contributed by atoms with Gasteiger partial charge in [-0.25, -0.2) is 8.42 Å². The van der Waals surface area contributed by atoms with Crippen molar-refractivity contribution in [2.24, 2.45) is 0 Å². The maximum absolute atomic E-state index is 14.1. The van der Waals surface area contributed by atoms with Crippen LogP contribution < -0.4 is 19.1 Å². The van der Waals surface area contributed by atoms with Crippen LogP contribution in [0.4, 0.5) is 5.69 Å². The van der Waals surface area contributed by atoms with Gasteiger partial charge >= 0.3 is 0 Å². The molecular weight excluding hydrogens is 601 g/mol. The molecule has 0 spiro atoms. The van der Waals surface area contributed by atoms with E-state index in [9.17, 15) is 18.0 Å².